The molecule has 5 nitrogen and oxygen atoms in total. The second-order valence-corrected chi connectivity index (χ2v) is 10.5. The molecule has 1 fully saturated rings. The van der Waals surface area contributed by atoms with Crippen molar-refractivity contribution in [2.24, 2.45) is 5.92 Å². The first-order valence-electron chi connectivity index (χ1n) is 12.0. The summed E-state index contributed by atoms with van der Waals surface area (Å²) in [5.74, 6) is 2.68. The van der Waals surface area contributed by atoms with Gasteiger partial charge in [0.1, 0.15) is 10.6 Å². The van der Waals surface area contributed by atoms with Crippen molar-refractivity contribution in [1.82, 2.24) is 19.9 Å². The molecule has 168 valence electrons. The van der Waals surface area contributed by atoms with Gasteiger partial charge in [0.25, 0.3) is 0 Å². The third-order valence-corrected chi connectivity index (χ3v) is 8.12. The van der Waals surface area contributed by atoms with Crippen LogP contribution >= 0.6 is 11.3 Å². The van der Waals surface area contributed by atoms with Crippen LogP contribution in [0.5, 0.6) is 0 Å². The van der Waals surface area contributed by atoms with E-state index in [2.05, 4.69) is 58.1 Å². The minimum Gasteiger partial charge on any atom is -0.353 e. The lowest BCUT2D eigenvalue weighted by Crippen LogP contribution is -2.46. The van der Waals surface area contributed by atoms with Crippen LogP contribution in [0.1, 0.15) is 29.3 Å². The highest BCUT2D eigenvalue weighted by molar-refractivity contribution is 7.19. The van der Waals surface area contributed by atoms with Crippen molar-refractivity contribution < 1.29 is 0 Å². The summed E-state index contributed by atoms with van der Waals surface area (Å²) in [7, 11) is 0. The molecular formula is C27H29N5S. The number of rotatable bonds is 4. The van der Waals surface area contributed by atoms with Crippen molar-refractivity contribution in [3.05, 3.63) is 70.9 Å². The highest BCUT2D eigenvalue weighted by atomic mass is 32.1. The minimum atomic E-state index is 0.751. The Balaban J connectivity index is 1.34. The van der Waals surface area contributed by atoms with E-state index in [0.717, 1.165) is 67.1 Å². The second-order valence-electron chi connectivity index (χ2n) is 9.39. The molecule has 0 radical (unpaired) electrons. The smallest absolute Gasteiger partial charge is 0.164 e. The second kappa shape index (κ2) is 8.84. The lowest BCUT2D eigenvalue weighted by molar-refractivity contribution is 0.249. The van der Waals surface area contributed by atoms with E-state index >= 15 is 0 Å². The van der Waals surface area contributed by atoms with Crippen LogP contribution in [0, 0.1) is 5.92 Å². The van der Waals surface area contributed by atoms with E-state index in [4.69, 9.17) is 9.97 Å². The molecule has 1 aromatic carbocycles. The van der Waals surface area contributed by atoms with Gasteiger partial charge in [-0.2, -0.15) is 0 Å². The Hall–Kier alpha value is -2.83. The highest BCUT2D eigenvalue weighted by Crippen LogP contribution is 2.42. The van der Waals surface area contributed by atoms with Gasteiger partial charge in [-0.1, -0.05) is 37.3 Å². The molecule has 1 aliphatic carbocycles. The maximum Gasteiger partial charge on any atom is 0.164 e. The first kappa shape index (κ1) is 20.8. The number of piperazine rings is 1. The Bertz CT molecular complexity index is 1250. The quantitative estimate of drug-likeness (QED) is 0.423. The van der Waals surface area contributed by atoms with E-state index in [-0.39, 0.29) is 0 Å². The van der Waals surface area contributed by atoms with E-state index in [9.17, 15) is 0 Å². The predicted octanol–water partition coefficient (Wildman–Crippen LogP) is 5.20. The molecule has 0 saturated carbocycles. The molecule has 1 aliphatic heterocycles. The number of aromatic nitrogens is 3. The zero-order chi connectivity index (χ0) is 22.2. The van der Waals surface area contributed by atoms with Crippen molar-refractivity contribution >= 4 is 27.4 Å². The highest BCUT2D eigenvalue weighted by Gasteiger charge is 2.27. The van der Waals surface area contributed by atoms with Crippen molar-refractivity contribution in [2.75, 3.05) is 31.1 Å². The van der Waals surface area contributed by atoms with Crippen LogP contribution in [0.2, 0.25) is 0 Å². The Morgan fingerprint density at radius 1 is 1.00 bits per heavy atom. The molecule has 2 aliphatic rings. The van der Waals surface area contributed by atoms with Crippen molar-refractivity contribution in [3.8, 4) is 11.4 Å². The number of anilines is 1. The van der Waals surface area contributed by atoms with Crippen molar-refractivity contribution in [1.29, 1.82) is 0 Å². The first-order chi connectivity index (χ1) is 16.2. The summed E-state index contributed by atoms with van der Waals surface area (Å²) >= 11 is 1.88. The van der Waals surface area contributed by atoms with Gasteiger partial charge in [-0.25, -0.2) is 9.97 Å². The molecule has 0 amide bonds. The maximum atomic E-state index is 5.17. The fourth-order valence-corrected chi connectivity index (χ4v) is 6.51. The average Bonchev–Trinajstić information content (AvgIpc) is 3.22. The standard InChI is InChI=1S/C27H29N5S/c1-19-9-10-22-23(16-19)33-27-24(22)26(29-25(30-27)21-8-5-11-28-17-21)32-14-12-31(13-15-32)18-20-6-3-2-4-7-20/h2-8,11,17,19H,9-10,12-16,18H2,1H3/t19-/m0/s1. The zero-order valence-corrected chi connectivity index (χ0v) is 19.9. The summed E-state index contributed by atoms with van der Waals surface area (Å²) in [6.45, 7) is 7.46. The van der Waals surface area contributed by atoms with E-state index in [0.29, 0.717) is 0 Å². The normalized spacial score (nSPS) is 19.1. The number of hydrogen-bond donors (Lipinski definition) is 0. The first-order valence-corrected chi connectivity index (χ1v) is 12.8. The number of aryl methyl sites for hydroxylation is 1. The van der Waals surface area contributed by atoms with Crippen LogP contribution in [0.4, 0.5) is 5.82 Å². The van der Waals surface area contributed by atoms with E-state index in [1.807, 2.05) is 23.6 Å². The van der Waals surface area contributed by atoms with E-state index < -0.39 is 0 Å². The van der Waals surface area contributed by atoms with Gasteiger partial charge in [-0.05, 0) is 48.4 Å². The van der Waals surface area contributed by atoms with Gasteiger partial charge in [0.05, 0.1) is 5.39 Å². The molecule has 1 saturated heterocycles. The summed E-state index contributed by atoms with van der Waals surface area (Å²) < 4.78 is 0. The van der Waals surface area contributed by atoms with Gasteiger partial charge in [0.2, 0.25) is 0 Å². The molecule has 33 heavy (non-hydrogen) atoms. The number of thiophene rings is 1. The monoisotopic (exact) mass is 455 g/mol. The average molecular weight is 456 g/mol. The van der Waals surface area contributed by atoms with E-state index in [1.165, 1.54) is 34.2 Å². The van der Waals surface area contributed by atoms with Crippen LogP contribution < -0.4 is 4.90 Å². The van der Waals surface area contributed by atoms with Crippen LogP contribution in [0.25, 0.3) is 21.6 Å². The summed E-state index contributed by atoms with van der Waals surface area (Å²) in [5, 5.41) is 1.31. The fraction of sp³-hybridized carbons (Fsp3) is 0.370. The molecule has 1 atom stereocenters. The zero-order valence-electron chi connectivity index (χ0n) is 19.1. The Morgan fingerprint density at radius 2 is 1.85 bits per heavy atom. The van der Waals surface area contributed by atoms with Gasteiger partial charge in [-0.15, -0.1) is 11.3 Å². The Morgan fingerprint density at radius 3 is 2.64 bits per heavy atom. The molecule has 6 heteroatoms. The molecular weight excluding hydrogens is 426 g/mol. The number of nitrogens with zero attached hydrogens (tertiary/aromatic N) is 5. The van der Waals surface area contributed by atoms with Crippen LogP contribution in [-0.2, 0) is 19.4 Å². The van der Waals surface area contributed by atoms with Crippen LogP contribution in [0.3, 0.4) is 0 Å². The SMILES string of the molecule is C[C@H]1CCc2c(sc3nc(-c4cccnc4)nc(N4CCN(Cc5ccccc5)CC4)c23)C1. The number of pyridine rings is 1. The predicted molar refractivity (Wildman–Crippen MR) is 136 cm³/mol. The molecule has 0 N–H and O–H groups in total. The summed E-state index contributed by atoms with van der Waals surface area (Å²) in [4.78, 5) is 22.2. The van der Waals surface area contributed by atoms with Crippen LogP contribution in [0.15, 0.2) is 54.9 Å². The fourth-order valence-electron chi connectivity index (χ4n) is 5.14. The minimum absolute atomic E-state index is 0.751. The Labute approximate surface area is 199 Å². The maximum absolute atomic E-state index is 5.17. The van der Waals surface area contributed by atoms with Gasteiger partial charge in [0, 0.05) is 55.6 Å². The molecule has 3 aromatic heterocycles. The Kier molecular flexibility index (Phi) is 5.56. The van der Waals surface area contributed by atoms with Gasteiger partial charge >= 0.3 is 0 Å². The van der Waals surface area contributed by atoms with Gasteiger partial charge in [0.15, 0.2) is 5.82 Å². The van der Waals surface area contributed by atoms with Crippen molar-refractivity contribution in [3.63, 3.8) is 0 Å². The third-order valence-electron chi connectivity index (χ3n) is 6.98. The lowest BCUT2D eigenvalue weighted by Gasteiger charge is -2.36. The van der Waals surface area contributed by atoms with Gasteiger partial charge in [-0.3, -0.25) is 9.88 Å². The lowest BCUT2D eigenvalue weighted by atomic mass is 9.89. The molecule has 0 bridgehead atoms. The molecule has 4 heterocycles. The van der Waals surface area contributed by atoms with E-state index in [1.54, 1.807) is 6.20 Å². The molecule has 0 spiro atoms. The van der Waals surface area contributed by atoms with Crippen LogP contribution in [-0.4, -0.2) is 46.0 Å². The number of hydrogen-bond acceptors (Lipinski definition) is 6. The molecule has 0 unspecified atom stereocenters. The summed E-state index contributed by atoms with van der Waals surface area (Å²) in [6, 6.07) is 14.8. The van der Waals surface area contributed by atoms with Crippen molar-refractivity contribution in [2.45, 2.75) is 32.7 Å². The summed E-state index contributed by atoms with van der Waals surface area (Å²) in [6.07, 6.45) is 7.25. The molecule has 4 aromatic rings. The largest absolute Gasteiger partial charge is 0.353 e. The summed E-state index contributed by atoms with van der Waals surface area (Å²) in [5.41, 5.74) is 3.88. The number of benzene rings is 1. The molecule has 6 rings (SSSR count). The topological polar surface area (TPSA) is 45.2 Å². The third kappa shape index (κ3) is 4.13. The van der Waals surface area contributed by atoms with Gasteiger partial charge < -0.3 is 4.90 Å². The number of fused-ring (bicyclic) bond motifs is 3.